The maximum atomic E-state index is 8.33. The molecule has 0 atom stereocenters. The zero-order valence-corrected chi connectivity index (χ0v) is 5.18. The smallest absolute Gasteiger partial charge is 0.102 e. The third kappa shape index (κ3) is 1.18. The lowest BCUT2D eigenvalue weighted by atomic mass is 10.3. The SMILES string of the molecule is N#Cc1cn[c]cc1Cl. The molecule has 0 unspecified atom stereocenters. The van der Waals surface area contributed by atoms with E-state index in [9.17, 15) is 0 Å². The Hall–Kier alpha value is -1.07. The van der Waals surface area contributed by atoms with Crippen molar-refractivity contribution >= 4 is 11.6 Å². The van der Waals surface area contributed by atoms with Gasteiger partial charge in [-0.05, 0) is 6.07 Å². The number of pyridine rings is 1. The van der Waals surface area contributed by atoms with Crippen LogP contribution in [0.5, 0.6) is 0 Å². The van der Waals surface area contributed by atoms with Crippen LogP contribution in [0, 0.1) is 17.5 Å². The van der Waals surface area contributed by atoms with Gasteiger partial charge in [-0.3, -0.25) is 4.98 Å². The Balaban J connectivity index is 3.20. The number of hydrogen-bond donors (Lipinski definition) is 0. The third-order valence-corrected chi connectivity index (χ3v) is 1.15. The summed E-state index contributed by atoms with van der Waals surface area (Å²) in [6, 6.07) is 3.34. The Bertz CT molecular complexity index is 251. The van der Waals surface area contributed by atoms with Gasteiger partial charge >= 0.3 is 0 Å². The van der Waals surface area contributed by atoms with Crippen LogP contribution in [0.15, 0.2) is 12.3 Å². The van der Waals surface area contributed by atoms with Crippen LogP contribution in [0.4, 0.5) is 0 Å². The summed E-state index contributed by atoms with van der Waals surface area (Å²) in [7, 11) is 0. The standard InChI is InChI=1S/C6H2ClN2/c7-6-1-2-9-4-5(6)3-8/h1,4H. The van der Waals surface area contributed by atoms with Gasteiger partial charge in [-0.1, -0.05) is 11.6 Å². The second kappa shape index (κ2) is 2.47. The van der Waals surface area contributed by atoms with Crippen LogP contribution < -0.4 is 0 Å². The van der Waals surface area contributed by atoms with Crippen molar-refractivity contribution in [1.82, 2.24) is 4.98 Å². The van der Waals surface area contributed by atoms with Gasteiger partial charge in [0.25, 0.3) is 0 Å². The molecule has 0 bridgehead atoms. The normalized spacial score (nSPS) is 8.44. The fourth-order valence-electron chi connectivity index (χ4n) is 0.417. The molecule has 0 amide bonds. The fraction of sp³-hybridized carbons (Fsp3) is 0. The summed E-state index contributed by atoms with van der Waals surface area (Å²) in [6.07, 6.45) is 3.88. The summed E-state index contributed by atoms with van der Waals surface area (Å²) < 4.78 is 0. The van der Waals surface area contributed by atoms with Gasteiger partial charge < -0.3 is 0 Å². The van der Waals surface area contributed by atoms with E-state index in [2.05, 4.69) is 11.2 Å². The fourth-order valence-corrected chi connectivity index (χ4v) is 0.557. The Morgan fingerprint density at radius 2 is 2.56 bits per heavy atom. The van der Waals surface area contributed by atoms with E-state index < -0.39 is 0 Å². The van der Waals surface area contributed by atoms with E-state index in [1.165, 1.54) is 12.3 Å². The van der Waals surface area contributed by atoms with Crippen molar-refractivity contribution in [3.8, 4) is 6.07 Å². The summed E-state index contributed by atoms with van der Waals surface area (Å²) in [5.74, 6) is 0. The lowest BCUT2D eigenvalue weighted by Gasteiger charge is -1.86. The molecule has 3 heteroatoms. The van der Waals surface area contributed by atoms with E-state index >= 15 is 0 Å². The minimum atomic E-state index is 0.385. The second-order valence-electron chi connectivity index (χ2n) is 1.41. The van der Waals surface area contributed by atoms with Crippen molar-refractivity contribution in [2.75, 3.05) is 0 Å². The minimum Gasteiger partial charge on any atom is -0.253 e. The molecule has 1 rings (SSSR count). The Labute approximate surface area is 57.7 Å². The number of aromatic nitrogens is 1. The lowest BCUT2D eigenvalue weighted by molar-refractivity contribution is 1.29. The third-order valence-electron chi connectivity index (χ3n) is 0.837. The molecule has 0 fully saturated rings. The Kier molecular flexibility index (Phi) is 1.66. The first kappa shape index (κ1) is 6.06. The maximum Gasteiger partial charge on any atom is 0.102 e. The molecule has 0 aromatic carbocycles. The molecular formula is C6H2ClN2. The van der Waals surface area contributed by atoms with Crippen molar-refractivity contribution < 1.29 is 0 Å². The van der Waals surface area contributed by atoms with Crippen molar-refractivity contribution in [3.63, 3.8) is 0 Å². The monoisotopic (exact) mass is 137 g/mol. The average Bonchev–Trinajstić information content (AvgIpc) is 1.89. The number of nitrogens with zero attached hydrogens (tertiary/aromatic N) is 2. The van der Waals surface area contributed by atoms with Gasteiger partial charge in [-0.25, -0.2) is 0 Å². The number of nitriles is 1. The number of hydrogen-bond acceptors (Lipinski definition) is 2. The summed E-state index contributed by atoms with van der Waals surface area (Å²) in [4.78, 5) is 3.58. The molecule has 1 aromatic rings. The van der Waals surface area contributed by atoms with E-state index in [1.54, 1.807) is 0 Å². The van der Waals surface area contributed by atoms with Crippen molar-refractivity contribution in [2.24, 2.45) is 0 Å². The van der Waals surface area contributed by atoms with Gasteiger partial charge in [0.1, 0.15) is 6.07 Å². The summed E-state index contributed by atoms with van der Waals surface area (Å²) in [5, 5.41) is 8.73. The largest absolute Gasteiger partial charge is 0.253 e. The molecule has 0 spiro atoms. The highest BCUT2D eigenvalue weighted by atomic mass is 35.5. The summed E-state index contributed by atoms with van der Waals surface area (Å²) in [6.45, 7) is 0. The molecule has 0 aliphatic carbocycles. The van der Waals surface area contributed by atoms with Gasteiger partial charge in [0.2, 0.25) is 0 Å². The van der Waals surface area contributed by atoms with Crippen LogP contribution in [0.25, 0.3) is 0 Å². The van der Waals surface area contributed by atoms with E-state index in [0.717, 1.165) is 0 Å². The predicted molar refractivity (Wildman–Crippen MR) is 32.8 cm³/mol. The van der Waals surface area contributed by atoms with E-state index in [4.69, 9.17) is 16.9 Å². The first-order chi connectivity index (χ1) is 4.34. The number of rotatable bonds is 0. The predicted octanol–water partition coefficient (Wildman–Crippen LogP) is 1.41. The average molecular weight is 138 g/mol. The summed E-state index contributed by atoms with van der Waals surface area (Å²) in [5.41, 5.74) is 0.385. The lowest BCUT2D eigenvalue weighted by Crippen LogP contribution is -1.77. The van der Waals surface area contributed by atoms with E-state index in [-0.39, 0.29) is 0 Å². The Morgan fingerprint density at radius 3 is 3.00 bits per heavy atom. The molecule has 43 valence electrons. The van der Waals surface area contributed by atoms with E-state index in [1.807, 2.05) is 6.07 Å². The molecular weight excluding hydrogens is 136 g/mol. The molecule has 1 radical (unpaired) electrons. The summed E-state index contributed by atoms with van der Waals surface area (Å²) >= 11 is 5.53. The second-order valence-corrected chi connectivity index (χ2v) is 1.81. The van der Waals surface area contributed by atoms with Crippen LogP contribution in [-0.2, 0) is 0 Å². The van der Waals surface area contributed by atoms with Gasteiger partial charge in [0.15, 0.2) is 0 Å². The quantitative estimate of drug-likeness (QED) is 0.542. The van der Waals surface area contributed by atoms with Gasteiger partial charge in [-0.15, -0.1) is 0 Å². The van der Waals surface area contributed by atoms with Gasteiger partial charge in [0.05, 0.1) is 16.8 Å². The zero-order chi connectivity index (χ0) is 6.69. The highest BCUT2D eigenvalue weighted by Crippen LogP contribution is 2.10. The van der Waals surface area contributed by atoms with Crippen LogP contribution in [0.3, 0.4) is 0 Å². The van der Waals surface area contributed by atoms with Crippen LogP contribution in [0.2, 0.25) is 5.02 Å². The first-order valence-corrected chi connectivity index (χ1v) is 2.64. The van der Waals surface area contributed by atoms with Crippen LogP contribution >= 0.6 is 11.6 Å². The van der Waals surface area contributed by atoms with Gasteiger partial charge in [0, 0.05) is 6.20 Å². The topological polar surface area (TPSA) is 36.7 Å². The molecule has 9 heavy (non-hydrogen) atoms. The molecule has 0 N–H and O–H groups in total. The van der Waals surface area contributed by atoms with Crippen LogP contribution in [0.1, 0.15) is 5.56 Å². The zero-order valence-electron chi connectivity index (χ0n) is 4.43. The molecule has 0 saturated heterocycles. The molecule has 1 heterocycles. The first-order valence-electron chi connectivity index (χ1n) is 2.26. The molecule has 0 aliphatic heterocycles. The molecule has 2 nitrogen and oxygen atoms in total. The molecule has 0 aliphatic rings. The van der Waals surface area contributed by atoms with Crippen LogP contribution in [-0.4, -0.2) is 4.98 Å². The van der Waals surface area contributed by atoms with Crippen molar-refractivity contribution in [2.45, 2.75) is 0 Å². The maximum absolute atomic E-state index is 8.33. The van der Waals surface area contributed by atoms with Gasteiger partial charge in [-0.2, -0.15) is 5.26 Å². The van der Waals surface area contributed by atoms with Crippen molar-refractivity contribution in [3.05, 3.63) is 29.0 Å². The molecule has 0 saturated carbocycles. The highest BCUT2D eigenvalue weighted by molar-refractivity contribution is 6.31. The minimum absolute atomic E-state index is 0.385. The molecule has 1 aromatic heterocycles. The number of halogens is 1. The van der Waals surface area contributed by atoms with E-state index in [0.29, 0.717) is 10.6 Å². The highest BCUT2D eigenvalue weighted by Gasteiger charge is 1.94. The Morgan fingerprint density at radius 1 is 1.78 bits per heavy atom. The van der Waals surface area contributed by atoms with Crippen molar-refractivity contribution in [1.29, 1.82) is 5.26 Å².